The van der Waals surface area contributed by atoms with Crippen molar-refractivity contribution in [1.29, 1.82) is 0 Å². The third-order valence-electron chi connectivity index (χ3n) is 3.83. The van der Waals surface area contributed by atoms with Crippen LogP contribution in [0.2, 0.25) is 0 Å². The molecule has 0 aliphatic heterocycles. The Hall–Kier alpha value is -2.46. The Labute approximate surface area is 160 Å². The van der Waals surface area contributed by atoms with Crippen LogP contribution < -0.4 is 9.47 Å². The van der Waals surface area contributed by atoms with Crippen molar-refractivity contribution in [2.24, 2.45) is 0 Å². The third kappa shape index (κ3) is 5.27. The van der Waals surface area contributed by atoms with Crippen LogP contribution in [0.15, 0.2) is 54.7 Å². The van der Waals surface area contributed by atoms with Crippen molar-refractivity contribution in [2.75, 3.05) is 13.2 Å². The molecule has 26 heavy (non-hydrogen) atoms. The summed E-state index contributed by atoms with van der Waals surface area (Å²) in [6.07, 6.45) is 11.9. The molecule has 0 bridgehead atoms. The Kier molecular flexibility index (Phi) is 7.54. The van der Waals surface area contributed by atoms with E-state index < -0.39 is 0 Å². The first-order valence-electron chi connectivity index (χ1n) is 8.75. The van der Waals surface area contributed by atoms with Crippen LogP contribution >= 0.6 is 12.2 Å². The van der Waals surface area contributed by atoms with E-state index in [4.69, 9.17) is 21.7 Å². The summed E-state index contributed by atoms with van der Waals surface area (Å²) in [5, 5.41) is 0. The van der Waals surface area contributed by atoms with Crippen LogP contribution in [-0.2, 0) is 11.2 Å². The van der Waals surface area contributed by atoms with Gasteiger partial charge >= 0.3 is 0 Å². The van der Waals surface area contributed by atoms with Gasteiger partial charge in [0.25, 0.3) is 0 Å². The molecule has 1 aromatic rings. The van der Waals surface area contributed by atoms with Gasteiger partial charge in [-0.15, -0.1) is 6.58 Å². The van der Waals surface area contributed by atoms with E-state index in [9.17, 15) is 4.79 Å². The molecule has 1 aliphatic rings. The Morgan fingerprint density at radius 2 is 1.92 bits per heavy atom. The van der Waals surface area contributed by atoms with Gasteiger partial charge in [0.05, 0.1) is 13.2 Å². The minimum absolute atomic E-state index is 0.0506. The van der Waals surface area contributed by atoms with Gasteiger partial charge in [-0.3, -0.25) is 4.79 Å². The maximum Gasteiger partial charge on any atom is 0.185 e. The molecule has 0 saturated carbocycles. The smallest absolute Gasteiger partial charge is 0.185 e. The molecule has 0 radical (unpaired) electrons. The van der Waals surface area contributed by atoms with Gasteiger partial charge in [0.15, 0.2) is 5.78 Å². The fraction of sp³-hybridized carbons (Fsp3) is 0.273. The van der Waals surface area contributed by atoms with Crippen LogP contribution in [-0.4, -0.2) is 23.9 Å². The molecule has 3 nitrogen and oxygen atoms in total. The SMILES string of the molecule is C=CCc1cc(C=CC(=O)C2=CCC(=S)C=C2)c(OCC)cc1OCC. The lowest BCUT2D eigenvalue weighted by molar-refractivity contribution is -0.111. The highest BCUT2D eigenvalue weighted by Gasteiger charge is 2.11. The van der Waals surface area contributed by atoms with Gasteiger partial charge in [-0.2, -0.15) is 0 Å². The zero-order valence-electron chi connectivity index (χ0n) is 15.3. The van der Waals surface area contributed by atoms with Gasteiger partial charge in [-0.25, -0.2) is 0 Å². The first kappa shape index (κ1) is 19.9. The molecule has 0 heterocycles. The molecule has 4 heteroatoms. The maximum atomic E-state index is 12.4. The number of ketones is 1. The zero-order chi connectivity index (χ0) is 18.9. The molecule has 136 valence electrons. The second-order valence-electron chi connectivity index (χ2n) is 5.72. The van der Waals surface area contributed by atoms with Crippen molar-refractivity contribution < 1.29 is 14.3 Å². The summed E-state index contributed by atoms with van der Waals surface area (Å²) in [4.78, 5) is 13.2. The zero-order valence-corrected chi connectivity index (χ0v) is 16.1. The average molecular weight is 368 g/mol. The fourth-order valence-electron chi connectivity index (χ4n) is 2.61. The second kappa shape index (κ2) is 9.88. The van der Waals surface area contributed by atoms with Crippen LogP contribution in [0.4, 0.5) is 0 Å². The first-order chi connectivity index (χ1) is 12.6. The van der Waals surface area contributed by atoms with Crippen LogP contribution in [0, 0.1) is 0 Å². The number of ether oxygens (including phenoxy) is 2. The normalized spacial score (nSPS) is 13.6. The fourth-order valence-corrected chi connectivity index (χ4v) is 2.77. The number of allylic oxidation sites excluding steroid dienone is 6. The predicted octanol–water partition coefficient (Wildman–Crippen LogP) is 5.05. The highest BCUT2D eigenvalue weighted by molar-refractivity contribution is 7.80. The van der Waals surface area contributed by atoms with Gasteiger partial charge in [0, 0.05) is 28.5 Å². The summed E-state index contributed by atoms with van der Waals surface area (Å²) in [5.74, 6) is 1.43. The molecule has 0 amide bonds. The van der Waals surface area contributed by atoms with Crippen molar-refractivity contribution >= 4 is 28.9 Å². The van der Waals surface area contributed by atoms with E-state index in [1.54, 1.807) is 24.3 Å². The third-order valence-corrected chi connectivity index (χ3v) is 4.13. The first-order valence-corrected chi connectivity index (χ1v) is 9.16. The molecule has 1 aromatic carbocycles. The molecular formula is C22H24O3S. The number of hydrogen-bond donors (Lipinski definition) is 0. The van der Waals surface area contributed by atoms with E-state index in [1.165, 1.54) is 0 Å². The number of rotatable bonds is 9. The van der Waals surface area contributed by atoms with Crippen molar-refractivity contribution in [1.82, 2.24) is 0 Å². The molecule has 0 saturated heterocycles. The maximum absolute atomic E-state index is 12.4. The Bertz CT molecular complexity index is 785. The summed E-state index contributed by atoms with van der Waals surface area (Å²) < 4.78 is 11.4. The lowest BCUT2D eigenvalue weighted by Crippen LogP contribution is -2.03. The standard InChI is InChI=1S/C22H24O3S/c1-4-7-17-14-18(22(25-6-3)15-21(17)24-5-2)10-13-20(23)16-8-11-19(26)12-9-16/h4,8-11,13-15H,1,5-7,12H2,2-3H3. The van der Waals surface area contributed by atoms with Crippen LogP contribution in [0.5, 0.6) is 11.5 Å². The lowest BCUT2D eigenvalue weighted by atomic mass is 10.0. The summed E-state index contributed by atoms with van der Waals surface area (Å²) >= 11 is 5.11. The number of hydrogen-bond acceptors (Lipinski definition) is 4. The Balaban J connectivity index is 2.32. The van der Waals surface area contributed by atoms with Gasteiger partial charge in [0.1, 0.15) is 11.5 Å². The molecule has 0 unspecified atom stereocenters. The number of carbonyl (C=O) groups is 1. The Morgan fingerprint density at radius 3 is 2.54 bits per heavy atom. The van der Waals surface area contributed by atoms with Crippen LogP contribution in [0.1, 0.15) is 31.4 Å². The molecule has 0 atom stereocenters. The highest BCUT2D eigenvalue weighted by Crippen LogP contribution is 2.31. The van der Waals surface area contributed by atoms with E-state index in [0.29, 0.717) is 37.4 Å². The van der Waals surface area contributed by atoms with Gasteiger partial charge < -0.3 is 9.47 Å². The molecular weight excluding hydrogens is 344 g/mol. The van der Waals surface area contributed by atoms with E-state index in [-0.39, 0.29) is 5.78 Å². The molecule has 0 N–H and O–H groups in total. The molecule has 0 aromatic heterocycles. The van der Waals surface area contributed by atoms with Crippen molar-refractivity contribution in [3.8, 4) is 11.5 Å². The number of thiocarbonyl (C=S) groups is 1. The Morgan fingerprint density at radius 1 is 1.19 bits per heavy atom. The summed E-state index contributed by atoms with van der Waals surface area (Å²) in [6, 6.07) is 3.87. The largest absolute Gasteiger partial charge is 0.493 e. The second-order valence-corrected chi connectivity index (χ2v) is 6.24. The highest BCUT2D eigenvalue weighted by atomic mass is 32.1. The van der Waals surface area contributed by atoms with E-state index >= 15 is 0 Å². The number of carbonyl (C=O) groups excluding carboxylic acids is 1. The monoisotopic (exact) mass is 368 g/mol. The van der Waals surface area contributed by atoms with Gasteiger partial charge in [0.2, 0.25) is 0 Å². The number of benzene rings is 1. The van der Waals surface area contributed by atoms with Gasteiger partial charge in [-0.1, -0.05) is 30.4 Å². The topological polar surface area (TPSA) is 35.5 Å². The molecule has 0 spiro atoms. The van der Waals surface area contributed by atoms with Crippen molar-refractivity contribution in [3.05, 3.63) is 65.8 Å². The van der Waals surface area contributed by atoms with E-state index in [0.717, 1.165) is 21.7 Å². The molecule has 1 aliphatic carbocycles. The van der Waals surface area contributed by atoms with Crippen molar-refractivity contribution in [2.45, 2.75) is 26.7 Å². The van der Waals surface area contributed by atoms with E-state index in [1.807, 2.05) is 38.1 Å². The summed E-state index contributed by atoms with van der Waals surface area (Å²) in [5.41, 5.74) is 2.51. The molecule has 0 fully saturated rings. The van der Waals surface area contributed by atoms with Crippen molar-refractivity contribution in [3.63, 3.8) is 0 Å². The van der Waals surface area contributed by atoms with Crippen LogP contribution in [0.25, 0.3) is 6.08 Å². The average Bonchev–Trinajstić information content (AvgIpc) is 2.63. The quantitative estimate of drug-likeness (QED) is 0.347. The van der Waals surface area contributed by atoms with Gasteiger partial charge in [-0.05, 0) is 50.1 Å². The van der Waals surface area contributed by atoms with Crippen LogP contribution in [0.3, 0.4) is 0 Å². The summed E-state index contributed by atoms with van der Waals surface area (Å²) in [7, 11) is 0. The lowest BCUT2D eigenvalue weighted by Gasteiger charge is -2.14. The summed E-state index contributed by atoms with van der Waals surface area (Å²) in [6.45, 7) is 8.79. The molecule has 2 rings (SSSR count). The minimum Gasteiger partial charge on any atom is -0.493 e. The van der Waals surface area contributed by atoms with E-state index in [2.05, 4.69) is 6.58 Å². The minimum atomic E-state index is -0.0506. The predicted molar refractivity (Wildman–Crippen MR) is 111 cm³/mol.